The number of hydrogen-bond donors (Lipinski definition) is 2. The summed E-state index contributed by atoms with van der Waals surface area (Å²) in [5, 5.41) is 14.0. The number of rotatable bonds is 5. The Morgan fingerprint density at radius 2 is 1.79 bits per heavy atom. The van der Waals surface area contributed by atoms with E-state index in [0.717, 1.165) is 11.3 Å². The molecular weight excluding hydrogens is 380 g/mol. The second kappa shape index (κ2) is 8.49. The number of halogens is 1. The highest BCUT2D eigenvalue weighted by Crippen LogP contribution is 2.24. The maximum Gasteiger partial charge on any atom is 0.337 e. The Hall–Kier alpha value is -3.45. The second-order valence-electron chi connectivity index (χ2n) is 5.88. The van der Waals surface area contributed by atoms with Crippen molar-refractivity contribution < 1.29 is 14.3 Å². The van der Waals surface area contributed by atoms with E-state index in [-0.39, 0.29) is 22.0 Å². The summed E-state index contributed by atoms with van der Waals surface area (Å²) in [6.07, 6.45) is 0. The zero-order valence-electron chi connectivity index (χ0n) is 15.2. The van der Waals surface area contributed by atoms with Gasteiger partial charge in [-0.2, -0.15) is 0 Å². The van der Waals surface area contributed by atoms with Crippen LogP contribution in [0, 0.1) is 6.92 Å². The van der Waals surface area contributed by atoms with Crippen LogP contribution in [-0.4, -0.2) is 29.2 Å². The van der Waals surface area contributed by atoms with Crippen LogP contribution in [0.4, 0.5) is 17.2 Å². The first-order chi connectivity index (χ1) is 13.5. The Balaban J connectivity index is 1.73. The van der Waals surface area contributed by atoms with Gasteiger partial charge in [-0.1, -0.05) is 29.8 Å². The van der Waals surface area contributed by atoms with Crippen molar-refractivity contribution in [1.82, 2.24) is 10.2 Å². The van der Waals surface area contributed by atoms with Crippen molar-refractivity contribution in [2.24, 2.45) is 0 Å². The number of carbonyl (C=O) groups is 2. The van der Waals surface area contributed by atoms with Crippen molar-refractivity contribution in [2.45, 2.75) is 6.92 Å². The standard InChI is InChI=1S/C20H17ClN4O3/c1-12-5-3-4-6-15(12)22-18-10-9-16(24-25-18)19(26)23-17-11-13(20(27)28-2)7-8-14(17)21/h3-11H,1-2H3,(H,22,25)(H,23,26). The summed E-state index contributed by atoms with van der Waals surface area (Å²) in [6.45, 7) is 1.98. The number of aromatic nitrogens is 2. The largest absolute Gasteiger partial charge is 0.465 e. The van der Waals surface area contributed by atoms with E-state index >= 15 is 0 Å². The SMILES string of the molecule is COC(=O)c1ccc(Cl)c(NC(=O)c2ccc(Nc3ccccc3C)nn2)c1. The lowest BCUT2D eigenvalue weighted by atomic mass is 10.2. The number of nitrogens with zero attached hydrogens (tertiary/aromatic N) is 2. The van der Waals surface area contributed by atoms with Crippen LogP contribution >= 0.6 is 11.6 Å². The number of ether oxygens (including phenoxy) is 1. The Morgan fingerprint density at radius 1 is 1.00 bits per heavy atom. The maximum atomic E-state index is 12.4. The molecule has 1 heterocycles. The lowest BCUT2D eigenvalue weighted by molar-refractivity contribution is 0.0600. The number of hydrogen-bond acceptors (Lipinski definition) is 6. The number of nitrogens with one attached hydrogen (secondary N) is 2. The van der Waals surface area contributed by atoms with Crippen LogP contribution in [0.2, 0.25) is 5.02 Å². The van der Waals surface area contributed by atoms with Gasteiger partial charge in [0.2, 0.25) is 0 Å². The predicted octanol–water partition coefficient (Wildman–Crippen LogP) is 4.22. The predicted molar refractivity (Wildman–Crippen MR) is 107 cm³/mol. The van der Waals surface area contributed by atoms with E-state index in [1.807, 2.05) is 31.2 Å². The summed E-state index contributed by atoms with van der Waals surface area (Å²) >= 11 is 6.09. The first-order valence-electron chi connectivity index (χ1n) is 8.33. The molecule has 0 aliphatic heterocycles. The summed E-state index contributed by atoms with van der Waals surface area (Å²) in [5.74, 6) is -0.519. The van der Waals surface area contributed by atoms with E-state index in [9.17, 15) is 9.59 Å². The van der Waals surface area contributed by atoms with Crippen molar-refractivity contribution in [3.8, 4) is 0 Å². The number of methoxy groups -OCH3 is 1. The van der Waals surface area contributed by atoms with Gasteiger partial charge < -0.3 is 15.4 Å². The molecule has 0 aliphatic rings. The molecule has 0 saturated carbocycles. The number of benzene rings is 2. The van der Waals surface area contributed by atoms with E-state index in [1.165, 1.54) is 25.3 Å². The molecule has 1 amide bonds. The smallest absolute Gasteiger partial charge is 0.337 e. The van der Waals surface area contributed by atoms with Crippen molar-refractivity contribution in [3.63, 3.8) is 0 Å². The summed E-state index contributed by atoms with van der Waals surface area (Å²) in [4.78, 5) is 24.1. The normalized spacial score (nSPS) is 10.2. The Kier molecular flexibility index (Phi) is 5.86. The van der Waals surface area contributed by atoms with E-state index in [2.05, 4.69) is 25.6 Å². The molecule has 8 heteroatoms. The molecule has 3 rings (SSSR count). The monoisotopic (exact) mass is 396 g/mol. The molecule has 2 aromatic carbocycles. The maximum absolute atomic E-state index is 12.4. The van der Waals surface area contributed by atoms with Gasteiger partial charge in [-0.25, -0.2) is 4.79 Å². The Bertz CT molecular complexity index is 1020. The van der Waals surface area contributed by atoms with Gasteiger partial charge in [-0.05, 0) is 48.9 Å². The van der Waals surface area contributed by atoms with Crippen LogP contribution in [0.5, 0.6) is 0 Å². The minimum atomic E-state index is -0.529. The molecule has 0 fully saturated rings. The number of carbonyl (C=O) groups excluding carboxylic acids is 2. The Labute approximate surface area is 166 Å². The molecule has 2 N–H and O–H groups in total. The average molecular weight is 397 g/mol. The van der Waals surface area contributed by atoms with E-state index in [1.54, 1.807) is 12.1 Å². The van der Waals surface area contributed by atoms with Gasteiger partial charge in [-0.3, -0.25) is 4.79 Å². The Morgan fingerprint density at radius 3 is 2.46 bits per heavy atom. The summed E-state index contributed by atoms with van der Waals surface area (Å²) in [6, 6.07) is 15.4. The average Bonchev–Trinajstić information content (AvgIpc) is 2.71. The number of esters is 1. The number of anilines is 3. The lowest BCUT2D eigenvalue weighted by Crippen LogP contribution is -2.15. The van der Waals surface area contributed by atoms with Crippen molar-refractivity contribution in [1.29, 1.82) is 0 Å². The first-order valence-corrected chi connectivity index (χ1v) is 8.71. The molecular formula is C20H17ClN4O3. The van der Waals surface area contributed by atoms with E-state index in [0.29, 0.717) is 5.82 Å². The van der Waals surface area contributed by atoms with Gasteiger partial charge in [-0.15, -0.1) is 10.2 Å². The van der Waals surface area contributed by atoms with Gasteiger partial charge in [0.15, 0.2) is 11.5 Å². The molecule has 0 radical (unpaired) electrons. The molecule has 0 unspecified atom stereocenters. The van der Waals surface area contributed by atoms with E-state index in [4.69, 9.17) is 11.6 Å². The fourth-order valence-electron chi connectivity index (χ4n) is 2.42. The third-order valence-corrected chi connectivity index (χ3v) is 4.27. The molecule has 0 spiro atoms. The van der Waals surface area contributed by atoms with Crippen LogP contribution in [-0.2, 0) is 4.74 Å². The van der Waals surface area contributed by atoms with Crippen molar-refractivity contribution in [3.05, 3.63) is 76.4 Å². The molecule has 0 aliphatic carbocycles. The minimum absolute atomic E-state index is 0.106. The minimum Gasteiger partial charge on any atom is -0.465 e. The summed E-state index contributed by atoms with van der Waals surface area (Å²) in [5.41, 5.74) is 2.62. The molecule has 0 saturated heterocycles. The third-order valence-electron chi connectivity index (χ3n) is 3.94. The second-order valence-corrected chi connectivity index (χ2v) is 6.29. The number of amides is 1. The molecule has 1 aromatic heterocycles. The van der Waals surface area contributed by atoms with Crippen molar-refractivity contribution in [2.75, 3.05) is 17.7 Å². The highest BCUT2D eigenvalue weighted by atomic mass is 35.5. The van der Waals surface area contributed by atoms with Gasteiger partial charge in [0, 0.05) is 5.69 Å². The van der Waals surface area contributed by atoms with Crippen LogP contribution in [0.3, 0.4) is 0 Å². The highest BCUT2D eigenvalue weighted by Gasteiger charge is 2.14. The quantitative estimate of drug-likeness (QED) is 0.627. The summed E-state index contributed by atoms with van der Waals surface area (Å²) < 4.78 is 4.67. The topological polar surface area (TPSA) is 93.2 Å². The van der Waals surface area contributed by atoms with Gasteiger partial charge in [0.05, 0.1) is 23.4 Å². The van der Waals surface area contributed by atoms with Gasteiger partial charge in [0.25, 0.3) is 5.91 Å². The van der Waals surface area contributed by atoms with Crippen LogP contribution in [0.25, 0.3) is 0 Å². The van der Waals surface area contributed by atoms with Crippen LogP contribution in [0.15, 0.2) is 54.6 Å². The number of aryl methyl sites for hydroxylation is 1. The van der Waals surface area contributed by atoms with Crippen LogP contribution in [0.1, 0.15) is 26.4 Å². The van der Waals surface area contributed by atoms with Crippen LogP contribution < -0.4 is 10.6 Å². The molecule has 28 heavy (non-hydrogen) atoms. The van der Waals surface area contributed by atoms with E-state index < -0.39 is 11.9 Å². The fraction of sp³-hybridized carbons (Fsp3) is 0.100. The molecule has 7 nitrogen and oxygen atoms in total. The summed E-state index contributed by atoms with van der Waals surface area (Å²) in [7, 11) is 1.28. The lowest BCUT2D eigenvalue weighted by Gasteiger charge is -2.10. The molecule has 3 aromatic rings. The molecule has 0 bridgehead atoms. The highest BCUT2D eigenvalue weighted by molar-refractivity contribution is 6.34. The number of para-hydroxylation sites is 1. The first kappa shape index (κ1) is 19.3. The molecule has 0 atom stereocenters. The van der Waals surface area contributed by atoms with Crippen molar-refractivity contribution >= 4 is 40.7 Å². The van der Waals surface area contributed by atoms with Gasteiger partial charge in [0.1, 0.15) is 0 Å². The zero-order valence-corrected chi connectivity index (χ0v) is 15.9. The van der Waals surface area contributed by atoms with Gasteiger partial charge >= 0.3 is 5.97 Å². The molecule has 142 valence electrons. The zero-order chi connectivity index (χ0) is 20.1. The fourth-order valence-corrected chi connectivity index (χ4v) is 2.59. The third kappa shape index (κ3) is 4.44.